The zero-order valence-corrected chi connectivity index (χ0v) is 31.1. The highest BCUT2D eigenvalue weighted by Crippen LogP contribution is 2.62. The third-order valence-corrected chi connectivity index (χ3v) is 12.3. The van der Waals surface area contributed by atoms with Crippen molar-refractivity contribution in [2.45, 2.75) is 5.41 Å². The maximum atomic E-state index is 6.49. The Hall–Kier alpha value is -7.42. The summed E-state index contributed by atoms with van der Waals surface area (Å²) in [5, 5.41) is 2.24. The lowest BCUT2D eigenvalue weighted by molar-refractivity contribution is 0.669. The second kappa shape index (κ2) is 12.3. The van der Waals surface area contributed by atoms with Gasteiger partial charge in [-0.3, -0.25) is 0 Å². The van der Waals surface area contributed by atoms with Gasteiger partial charge < -0.3 is 9.32 Å². The summed E-state index contributed by atoms with van der Waals surface area (Å²) >= 11 is 0. The second-order valence-electron chi connectivity index (χ2n) is 15.2. The minimum absolute atomic E-state index is 0.570. The first kappa shape index (κ1) is 31.9. The van der Waals surface area contributed by atoms with Crippen molar-refractivity contribution in [1.29, 1.82) is 0 Å². The Morgan fingerprint density at radius 3 is 1.42 bits per heavy atom. The Kier molecular flexibility index (Phi) is 6.88. The van der Waals surface area contributed by atoms with Crippen molar-refractivity contribution < 1.29 is 4.42 Å². The molecule has 0 N–H and O–H groups in total. The fourth-order valence-corrected chi connectivity index (χ4v) is 9.91. The summed E-state index contributed by atoms with van der Waals surface area (Å²) in [5.41, 5.74) is 19.6. The highest BCUT2D eigenvalue weighted by atomic mass is 16.3. The lowest BCUT2D eigenvalue weighted by atomic mass is 9.66. The van der Waals surface area contributed by atoms with Crippen LogP contribution in [0, 0.1) is 0 Å². The number of nitrogens with zero attached hydrogens (tertiary/aromatic N) is 1. The van der Waals surface area contributed by atoms with Crippen molar-refractivity contribution in [3.05, 3.63) is 235 Å². The number of furan rings is 1. The van der Waals surface area contributed by atoms with Crippen molar-refractivity contribution in [3.63, 3.8) is 0 Å². The summed E-state index contributed by atoms with van der Waals surface area (Å²) in [6.07, 6.45) is 0. The quantitative estimate of drug-likeness (QED) is 0.180. The maximum absolute atomic E-state index is 6.49. The number of fused-ring (bicyclic) bond motifs is 15. The highest BCUT2D eigenvalue weighted by Gasteiger charge is 2.49. The van der Waals surface area contributed by atoms with E-state index in [4.69, 9.17) is 4.42 Å². The molecule has 0 saturated carbocycles. The van der Waals surface area contributed by atoms with Crippen molar-refractivity contribution in [2.75, 3.05) is 4.90 Å². The Morgan fingerprint density at radius 1 is 0.298 bits per heavy atom. The van der Waals surface area contributed by atoms with Crippen molar-refractivity contribution >= 4 is 39.0 Å². The van der Waals surface area contributed by atoms with Gasteiger partial charge >= 0.3 is 0 Å². The predicted molar refractivity (Wildman–Crippen MR) is 236 cm³/mol. The van der Waals surface area contributed by atoms with Gasteiger partial charge in [-0.05, 0) is 109 Å². The van der Waals surface area contributed by atoms with Crippen LogP contribution >= 0.6 is 0 Å². The van der Waals surface area contributed by atoms with E-state index >= 15 is 0 Å². The van der Waals surface area contributed by atoms with Gasteiger partial charge in [0.15, 0.2) is 0 Å². The molecule has 2 aliphatic carbocycles. The van der Waals surface area contributed by atoms with E-state index in [2.05, 4.69) is 205 Å². The lowest BCUT2D eigenvalue weighted by Crippen LogP contribution is -2.29. The van der Waals surface area contributed by atoms with Crippen LogP contribution in [0.2, 0.25) is 0 Å². The molecule has 1 heterocycles. The van der Waals surface area contributed by atoms with E-state index in [1.54, 1.807) is 0 Å². The third kappa shape index (κ3) is 4.59. The van der Waals surface area contributed by atoms with Gasteiger partial charge in [0.05, 0.1) is 5.41 Å². The van der Waals surface area contributed by atoms with Gasteiger partial charge in [-0.1, -0.05) is 164 Å². The maximum Gasteiger partial charge on any atom is 0.137 e. The minimum atomic E-state index is -0.570. The van der Waals surface area contributed by atoms with Gasteiger partial charge in [-0.15, -0.1) is 0 Å². The molecule has 0 aliphatic heterocycles. The molecule has 0 saturated heterocycles. The van der Waals surface area contributed by atoms with Crippen LogP contribution in [0.4, 0.5) is 17.1 Å². The van der Waals surface area contributed by atoms with Crippen LogP contribution in [0.5, 0.6) is 0 Å². The fraction of sp³-hybridized carbons (Fsp3) is 0.0182. The molecule has 12 rings (SSSR count). The van der Waals surface area contributed by atoms with E-state index in [0.717, 1.165) is 39.0 Å². The molecule has 266 valence electrons. The van der Waals surface area contributed by atoms with E-state index in [-0.39, 0.29) is 0 Å². The zero-order chi connectivity index (χ0) is 37.5. The number of hydrogen-bond acceptors (Lipinski definition) is 2. The van der Waals surface area contributed by atoms with Crippen LogP contribution in [0.1, 0.15) is 22.3 Å². The zero-order valence-electron chi connectivity index (χ0n) is 31.1. The molecule has 2 aliphatic rings. The molecule has 1 aromatic heterocycles. The van der Waals surface area contributed by atoms with Crippen LogP contribution in [0.3, 0.4) is 0 Å². The smallest absolute Gasteiger partial charge is 0.137 e. The topological polar surface area (TPSA) is 16.4 Å². The molecule has 0 amide bonds. The van der Waals surface area contributed by atoms with Gasteiger partial charge in [0.2, 0.25) is 0 Å². The number of anilines is 3. The number of para-hydroxylation sites is 1. The number of benzene rings is 9. The van der Waals surface area contributed by atoms with Crippen LogP contribution in [-0.2, 0) is 5.41 Å². The third-order valence-electron chi connectivity index (χ3n) is 12.3. The average Bonchev–Trinajstić information content (AvgIpc) is 3.76. The molecule has 0 radical (unpaired) electrons. The summed E-state index contributed by atoms with van der Waals surface area (Å²) in [7, 11) is 0. The normalized spacial score (nSPS) is 13.1. The molecule has 2 heteroatoms. The summed E-state index contributed by atoms with van der Waals surface area (Å²) in [5.74, 6) is 0. The summed E-state index contributed by atoms with van der Waals surface area (Å²) in [6.45, 7) is 0. The standard InChI is InChI=1S/C55H35NO/c1-2-14-36(15-3-1)37-26-28-38(29-27-37)56(40-31-33-48-47-21-9-13-25-53(47)57-54(48)35-40)39-30-32-46-45-20-8-12-24-51(45)55(52(46)34-39)49-22-10-6-18-43(49)41-16-4-5-17-42(41)44-19-7-11-23-50(44)55/h1-35H. The Bertz CT molecular complexity index is 3120. The largest absolute Gasteiger partial charge is 0.456 e. The van der Waals surface area contributed by atoms with E-state index in [1.807, 2.05) is 12.1 Å². The Labute approximate surface area is 331 Å². The minimum Gasteiger partial charge on any atom is -0.456 e. The number of rotatable bonds is 4. The van der Waals surface area contributed by atoms with E-state index < -0.39 is 5.41 Å². The average molecular weight is 726 g/mol. The van der Waals surface area contributed by atoms with Gasteiger partial charge in [0.25, 0.3) is 0 Å². The molecule has 0 unspecified atom stereocenters. The molecule has 2 nitrogen and oxygen atoms in total. The summed E-state index contributed by atoms with van der Waals surface area (Å²) < 4.78 is 6.49. The predicted octanol–water partition coefficient (Wildman–Crippen LogP) is 14.7. The molecule has 10 aromatic rings. The van der Waals surface area contributed by atoms with Gasteiger partial charge in [0.1, 0.15) is 11.2 Å². The first-order valence-corrected chi connectivity index (χ1v) is 19.7. The molecule has 57 heavy (non-hydrogen) atoms. The van der Waals surface area contributed by atoms with E-state index in [0.29, 0.717) is 0 Å². The molecular formula is C55H35NO. The fourth-order valence-electron chi connectivity index (χ4n) is 9.91. The van der Waals surface area contributed by atoms with Crippen molar-refractivity contribution in [1.82, 2.24) is 0 Å². The van der Waals surface area contributed by atoms with Gasteiger partial charge in [0, 0.05) is 33.9 Å². The molecule has 0 atom stereocenters. The molecule has 0 bridgehead atoms. The molecular weight excluding hydrogens is 691 g/mol. The Balaban J connectivity index is 1.14. The molecule has 1 spiro atoms. The first-order valence-electron chi connectivity index (χ1n) is 19.7. The van der Waals surface area contributed by atoms with Gasteiger partial charge in [-0.25, -0.2) is 0 Å². The van der Waals surface area contributed by atoms with Crippen molar-refractivity contribution in [2.24, 2.45) is 0 Å². The Morgan fingerprint density at radius 2 is 0.754 bits per heavy atom. The van der Waals surface area contributed by atoms with Crippen LogP contribution in [0.15, 0.2) is 217 Å². The van der Waals surface area contributed by atoms with Gasteiger partial charge in [-0.2, -0.15) is 0 Å². The highest BCUT2D eigenvalue weighted by molar-refractivity contribution is 6.06. The number of hydrogen-bond donors (Lipinski definition) is 0. The molecule has 9 aromatic carbocycles. The van der Waals surface area contributed by atoms with E-state index in [9.17, 15) is 0 Å². The SMILES string of the molecule is c1ccc(-c2ccc(N(c3ccc4c(c3)C3(c5ccccc5-c5ccccc5-c5ccccc53)c3ccccc3-4)c3ccc4c(c3)oc3ccccc34)cc2)cc1. The van der Waals surface area contributed by atoms with E-state index in [1.165, 1.54) is 66.8 Å². The molecule has 0 fully saturated rings. The van der Waals surface area contributed by atoms with Crippen molar-refractivity contribution in [3.8, 4) is 44.5 Å². The first-order chi connectivity index (χ1) is 28.3. The monoisotopic (exact) mass is 725 g/mol. The summed E-state index contributed by atoms with van der Waals surface area (Å²) in [6, 6.07) is 77.7. The van der Waals surface area contributed by atoms with Crippen LogP contribution < -0.4 is 4.90 Å². The van der Waals surface area contributed by atoms with Crippen LogP contribution in [-0.4, -0.2) is 0 Å². The lowest BCUT2D eigenvalue weighted by Gasteiger charge is -2.36. The second-order valence-corrected chi connectivity index (χ2v) is 15.2. The van der Waals surface area contributed by atoms with Crippen LogP contribution in [0.25, 0.3) is 66.4 Å². The summed E-state index contributed by atoms with van der Waals surface area (Å²) in [4.78, 5) is 2.39.